The molecular weight excluding hydrogens is 459 g/mol. The maximum Gasteiger partial charge on any atom is 0.315 e. The van der Waals surface area contributed by atoms with Gasteiger partial charge in [-0.15, -0.1) is 0 Å². The van der Waals surface area contributed by atoms with Gasteiger partial charge in [0.2, 0.25) is 15.9 Å². The molecule has 0 atom stereocenters. The number of benzene rings is 2. The molecule has 182 valence electrons. The number of carbonyl (C=O) groups excluding carboxylic acids is 2. The molecule has 34 heavy (non-hydrogen) atoms. The van der Waals surface area contributed by atoms with Crippen LogP contribution < -0.4 is 10.6 Å². The molecule has 2 N–H and O–H groups in total. The monoisotopic (exact) mass is 488 g/mol. The zero-order valence-electron chi connectivity index (χ0n) is 18.9. The summed E-state index contributed by atoms with van der Waals surface area (Å²) in [6.45, 7) is 0.972. The molecule has 1 fully saturated rings. The lowest BCUT2D eigenvalue weighted by Gasteiger charge is -2.34. The smallest absolute Gasteiger partial charge is 0.315 e. The van der Waals surface area contributed by atoms with Crippen molar-refractivity contribution < 1.29 is 22.4 Å². The summed E-state index contributed by atoms with van der Waals surface area (Å²) in [6, 6.07) is 10.7. The van der Waals surface area contributed by atoms with E-state index in [1.807, 2.05) is 6.07 Å². The molecule has 2 aromatic carbocycles. The quantitative estimate of drug-likeness (QED) is 0.650. The molecule has 1 aliphatic heterocycles. The minimum Gasteiger partial charge on any atom is -0.339 e. The van der Waals surface area contributed by atoms with Crippen molar-refractivity contribution in [1.29, 1.82) is 0 Å². The third-order valence-corrected chi connectivity index (χ3v) is 8.21. The number of fused-ring (bicyclic) bond motifs is 1. The molecule has 2 aliphatic rings. The Balaban J connectivity index is 1.24. The van der Waals surface area contributed by atoms with Gasteiger partial charge in [0.25, 0.3) is 0 Å². The van der Waals surface area contributed by atoms with Gasteiger partial charge in [-0.25, -0.2) is 17.6 Å². The van der Waals surface area contributed by atoms with Crippen molar-refractivity contribution in [2.24, 2.45) is 0 Å². The number of aryl methyl sites for hydroxylation is 2. The maximum atomic E-state index is 13.1. The van der Waals surface area contributed by atoms with E-state index in [1.54, 1.807) is 29.2 Å². The van der Waals surface area contributed by atoms with Gasteiger partial charge >= 0.3 is 6.03 Å². The highest BCUT2D eigenvalue weighted by atomic mass is 32.2. The summed E-state index contributed by atoms with van der Waals surface area (Å²) >= 11 is 0. The normalized spacial score (nSPS) is 16.6. The Bertz CT molecular complexity index is 1150. The van der Waals surface area contributed by atoms with Gasteiger partial charge in [-0.1, -0.05) is 18.2 Å². The van der Waals surface area contributed by atoms with Crippen molar-refractivity contribution in [3.05, 3.63) is 65.0 Å². The van der Waals surface area contributed by atoms with Crippen LogP contribution in [0.25, 0.3) is 0 Å². The minimum absolute atomic E-state index is 0.188. The average Bonchev–Trinajstić information content (AvgIpc) is 2.86. The second-order valence-electron chi connectivity index (χ2n) is 8.59. The van der Waals surface area contributed by atoms with Crippen LogP contribution in [0.5, 0.6) is 0 Å². The SMILES string of the molecule is O=C(NCC(=O)N1CCN(S(=O)(=O)c2ccc3c(c2)CCCC3)CC1)NCc1ccc(F)cc1. The van der Waals surface area contributed by atoms with Gasteiger partial charge in [0.05, 0.1) is 11.4 Å². The van der Waals surface area contributed by atoms with E-state index in [0.29, 0.717) is 4.90 Å². The second kappa shape index (κ2) is 10.5. The van der Waals surface area contributed by atoms with Crippen LogP contribution in [0, 0.1) is 5.82 Å². The molecule has 0 spiro atoms. The van der Waals surface area contributed by atoms with Crippen molar-refractivity contribution >= 4 is 22.0 Å². The Hall–Kier alpha value is -2.98. The van der Waals surface area contributed by atoms with Crippen molar-refractivity contribution in [2.45, 2.75) is 37.1 Å². The molecule has 1 aliphatic carbocycles. The Morgan fingerprint density at radius 2 is 1.56 bits per heavy atom. The molecule has 4 rings (SSSR count). The highest BCUT2D eigenvalue weighted by Crippen LogP contribution is 2.26. The molecule has 1 heterocycles. The molecule has 10 heteroatoms. The van der Waals surface area contributed by atoms with Crippen molar-refractivity contribution in [3.63, 3.8) is 0 Å². The first-order valence-electron chi connectivity index (χ1n) is 11.5. The van der Waals surface area contributed by atoms with Crippen LogP contribution in [0.3, 0.4) is 0 Å². The van der Waals surface area contributed by atoms with E-state index in [0.717, 1.165) is 36.8 Å². The highest BCUT2D eigenvalue weighted by molar-refractivity contribution is 7.89. The van der Waals surface area contributed by atoms with Crippen LogP contribution in [0.2, 0.25) is 0 Å². The third kappa shape index (κ3) is 5.74. The Morgan fingerprint density at radius 3 is 2.26 bits per heavy atom. The zero-order chi connectivity index (χ0) is 24.1. The lowest BCUT2D eigenvalue weighted by atomic mass is 9.92. The Labute approximate surface area is 199 Å². The molecule has 2 aromatic rings. The predicted molar refractivity (Wildman–Crippen MR) is 125 cm³/mol. The Kier molecular flexibility index (Phi) is 7.47. The number of hydrogen-bond acceptors (Lipinski definition) is 4. The van der Waals surface area contributed by atoms with Gasteiger partial charge in [0, 0.05) is 32.7 Å². The van der Waals surface area contributed by atoms with E-state index < -0.39 is 16.1 Å². The zero-order valence-corrected chi connectivity index (χ0v) is 19.7. The number of amides is 3. The van der Waals surface area contributed by atoms with E-state index in [9.17, 15) is 22.4 Å². The van der Waals surface area contributed by atoms with Crippen LogP contribution >= 0.6 is 0 Å². The number of nitrogens with one attached hydrogen (secondary N) is 2. The molecule has 0 aromatic heterocycles. The first-order valence-corrected chi connectivity index (χ1v) is 12.9. The van der Waals surface area contributed by atoms with E-state index in [4.69, 9.17) is 0 Å². The van der Waals surface area contributed by atoms with Crippen LogP contribution in [-0.4, -0.2) is 62.3 Å². The van der Waals surface area contributed by atoms with Gasteiger partial charge in [-0.05, 0) is 66.6 Å². The second-order valence-corrected chi connectivity index (χ2v) is 10.5. The lowest BCUT2D eigenvalue weighted by molar-refractivity contribution is -0.131. The molecule has 3 amide bonds. The van der Waals surface area contributed by atoms with Crippen LogP contribution in [0.1, 0.15) is 29.5 Å². The molecule has 0 bridgehead atoms. The number of hydrogen-bond donors (Lipinski definition) is 2. The van der Waals surface area contributed by atoms with Crippen molar-refractivity contribution in [1.82, 2.24) is 19.8 Å². The van der Waals surface area contributed by atoms with Crippen molar-refractivity contribution in [3.8, 4) is 0 Å². The summed E-state index contributed by atoms with van der Waals surface area (Å²) in [5.74, 6) is -0.628. The fourth-order valence-electron chi connectivity index (χ4n) is 4.31. The molecule has 8 nitrogen and oxygen atoms in total. The predicted octanol–water partition coefficient (Wildman–Crippen LogP) is 2.04. The lowest BCUT2D eigenvalue weighted by Crippen LogP contribution is -2.53. The topological polar surface area (TPSA) is 98.8 Å². The standard InChI is InChI=1S/C24H29FN4O4S/c25-21-8-5-18(6-9-21)16-26-24(31)27-17-23(30)28-11-13-29(14-12-28)34(32,33)22-10-7-19-3-1-2-4-20(19)15-22/h5-10,15H,1-4,11-14,16-17H2,(H2,26,27,31). The molecular formula is C24H29FN4O4S. The van der Waals surface area contributed by atoms with Gasteiger partial charge in [-0.2, -0.15) is 4.31 Å². The van der Waals surface area contributed by atoms with E-state index >= 15 is 0 Å². The summed E-state index contributed by atoms with van der Waals surface area (Å²) in [7, 11) is -3.61. The maximum absolute atomic E-state index is 13.1. The largest absolute Gasteiger partial charge is 0.339 e. The summed E-state index contributed by atoms with van der Waals surface area (Å²) < 4.78 is 40.6. The van der Waals surface area contributed by atoms with Crippen LogP contribution in [-0.2, 0) is 34.2 Å². The number of nitrogens with zero attached hydrogens (tertiary/aromatic N) is 2. The summed E-state index contributed by atoms with van der Waals surface area (Å²) in [5.41, 5.74) is 3.08. The fraction of sp³-hybridized carbons (Fsp3) is 0.417. The van der Waals surface area contributed by atoms with Crippen LogP contribution in [0.4, 0.5) is 9.18 Å². The molecule has 0 saturated carbocycles. The number of carbonyl (C=O) groups is 2. The molecule has 1 saturated heterocycles. The third-order valence-electron chi connectivity index (χ3n) is 6.32. The fourth-order valence-corrected chi connectivity index (χ4v) is 5.79. The van der Waals surface area contributed by atoms with Gasteiger partial charge < -0.3 is 15.5 Å². The van der Waals surface area contributed by atoms with E-state index in [2.05, 4.69) is 10.6 Å². The number of urea groups is 1. The number of rotatable bonds is 6. The minimum atomic E-state index is -3.61. The first-order chi connectivity index (χ1) is 16.3. The van der Waals surface area contributed by atoms with E-state index in [-0.39, 0.29) is 51.0 Å². The van der Waals surface area contributed by atoms with Crippen molar-refractivity contribution in [2.75, 3.05) is 32.7 Å². The number of sulfonamides is 1. The summed E-state index contributed by atoms with van der Waals surface area (Å²) in [6.07, 6.45) is 4.12. The average molecular weight is 489 g/mol. The van der Waals surface area contributed by atoms with Gasteiger partial charge in [-0.3, -0.25) is 4.79 Å². The van der Waals surface area contributed by atoms with Gasteiger partial charge in [0.15, 0.2) is 0 Å². The Morgan fingerprint density at radius 1 is 0.882 bits per heavy atom. The van der Waals surface area contributed by atoms with Crippen LogP contribution in [0.15, 0.2) is 47.4 Å². The van der Waals surface area contributed by atoms with E-state index in [1.165, 1.54) is 22.0 Å². The summed E-state index contributed by atoms with van der Waals surface area (Å²) in [4.78, 5) is 26.3. The van der Waals surface area contributed by atoms with Gasteiger partial charge in [0.1, 0.15) is 5.82 Å². The summed E-state index contributed by atoms with van der Waals surface area (Å²) in [5, 5.41) is 5.12. The molecule has 0 unspecified atom stereocenters. The first kappa shape index (κ1) is 24.2. The molecule has 0 radical (unpaired) electrons. The number of piperazine rings is 1. The highest BCUT2D eigenvalue weighted by Gasteiger charge is 2.30. The number of halogens is 1.